The summed E-state index contributed by atoms with van der Waals surface area (Å²) in [6.45, 7) is 7.05. The van der Waals surface area contributed by atoms with E-state index in [0.717, 1.165) is 24.0 Å². The number of carbonyl (C=O) groups is 3. The monoisotopic (exact) mass is 371 g/mol. The van der Waals surface area contributed by atoms with Gasteiger partial charge in [0.2, 0.25) is 11.8 Å². The first-order chi connectivity index (χ1) is 12.9. The minimum atomic E-state index is 0.0156. The number of hydrogen-bond acceptors (Lipinski definition) is 4. The number of Topliss-reactive ketones (excluding diaryl/α,β-unsaturated/α-hetero) is 1. The summed E-state index contributed by atoms with van der Waals surface area (Å²) >= 11 is 0. The van der Waals surface area contributed by atoms with Crippen LogP contribution < -0.4 is 5.32 Å². The molecule has 1 saturated carbocycles. The molecule has 2 fully saturated rings. The molecule has 0 radical (unpaired) electrons. The maximum Gasteiger partial charge on any atom is 0.234 e. The lowest BCUT2D eigenvalue weighted by atomic mass is 10.0. The Labute approximate surface area is 160 Å². The van der Waals surface area contributed by atoms with Gasteiger partial charge in [-0.05, 0) is 43.9 Å². The van der Waals surface area contributed by atoms with Crippen LogP contribution in [0.25, 0.3) is 0 Å². The molecule has 3 rings (SSSR count). The first-order valence-electron chi connectivity index (χ1n) is 9.82. The van der Waals surface area contributed by atoms with Gasteiger partial charge in [0, 0.05) is 50.6 Å². The van der Waals surface area contributed by atoms with E-state index in [1.807, 2.05) is 36.9 Å². The molecule has 1 aromatic carbocycles. The van der Waals surface area contributed by atoms with Crippen LogP contribution in [0.5, 0.6) is 0 Å². The molecular formula is C21H29N3O3. The highest BCUT2D eigenvalue weighted by Crippen LogP contribution is 2.18. The Morgan fingerprint density at radius 1 is 1.00 bits per heavy atom. The Bertz CT molecular complexity index is 719. The first kappa shape index (κ1) is 19.5. The zero-order valence-corrected chi connectivity index (χ0v) is 16.3. The van der Waals surface area contributed by atoms with Crippen molar-refractivity contribution in [3.63, 3.8) is 0 Å². The van der Waals surface area contributed by atoms with Gasteiger partial charge >= 0.3 is 0 Å². The van der Waals surface area contributed by atoms with Gasteiger partial charge in [0.1, 0.15) is 0 Å². The molecule has 1 aliphatic heterocycles. The molecule has 146 valence electrons. The van der Waals surface area contributed by atoms with E-state index in [9.17, 15) is 14.4 Å². The van der Waals surface area contributed by atoms with Gasteiger partial charge in [0.05, 0.1) is 6.54 Å². The van der Waals surface area contributed by atoms with Gasteiger partial charge in [0.25, 0.3) is 0 Å². The largest absolute Gasteiger partial charge is 0.352 e. The summed E-state index contributed by atoms with van der Waals surface area (Å²) in [6, 6.07) is 6.06. The zero-order valence-electron chi connectivity index (χ0n) is 16.3. The lowest BCUT2D eigenvalue weighted by molar-refractivity contribution is -0.133. The highest BCUT2D eigenvalue weighted by molar-refractivity contribution is 5.98. The van der Waals surface area contributed by atoms with Crippen LogP contribution >= 0.6 is 0 Å². The molecule has 0 bridgehead atoms. The quantitative estimate of drug-likeness (QED) is 0.741. The fourth-order valence-electron chi connectivity index (χ4n) is 3.30. The topological polar surface area (TPSA) is 69.7 Å². The minimum absolute atomic E-state index is 0.0156. The Hall–Kier alpha value is -2.21. The molecular weight excluding hydrogens is 342 g/mol. The number of piperazine rings is 1. The molecule has 1 heterocycles. The highest BCUT2D eigenvalue weighted by Gasteiger charge is 2.26. The van der Waals surface area contributed by atoms with Crippen molar-refractivity contribution in [1.82, 2.24) is 15.1 Å². The van der Waals surface area contributed by atoms with Gasteiger partial charge in [-0.25, -0.2) is 0 Å². The molecule has 1 aromatic rings. The number of carbonyl (C=O) groups excluding carboxylic acids is 3. The van der Waals surface area contributed by atoms with Crippen molar-refractivity contribution in [1.29, 1.82) is 0 Å². The fourth-order valence-corrected chi connectivity index (χ4v) is 3.30. The van der Waals surface area contributed by atoms with Gasteiger partial charge < -0.3 is 10.2 Å². The van der Waals surface area contributed by atoms with Crippen LogP contribution in [-0.2, 0) is 9.59 Å². The average molecular weight is 371 g/mol. The third kappa shape index (κ3) is 5.63. The Morgan fingerprint density at radius 2 is 1.70 bits per heavy atom. The molecule has 1 N–H and O–H groups in total. The zero-order chi connectivity index (χ0) is 19.4. The fraction of sp³-hybridized carbons (Fsp3) is 0.571. The van der Waals surface area contributed by atoms with E-state index in [1.54, 1.807) is 0 Å². The summed E-state index contributed by atoms with van der Waals surface area (Å²) in [7, 11) is 0. The molecule has 0 unspecified atom stereocenters. The van der Waals surface area contributed by atoms with E-state index in [2.05, 4.69) is 10.2 Å². The number of ketones is 1. The highest BCUT2D eigenvalue weighted by atomic mass is 16.2. The van der Waals surface area contributed by atoms with Crippen LogP contribution in [0.1, 0.15) is 47.2 Å². The number of benzene rings is 1. The molecule has 2 aliphatic rings. The molecule has 1 aliphatic carbocycles. The van der Waals surface area contributed by atoms with Crippen LogP contribution in [0.15, 0.2) is 18.2 Å². The molecule has 0 aromatic heterocycles. The summed E-state index contributed by atoms with van der Waals surface area (Å²) in [4.78, 5) is 40.5. The van der Waals surface area contributed by atoms with Crippen molar-refractivity contribution < 1.29 is 14.4 Å². The van der Waals surface area contributed by atoms with E-state index in [4.69, 9.17) is 0 Å². The normalized spacial score (nSPS) is 17.6. The molecule has 1 saturated heterocycles. The lowest BCUT2D eigenvalue weighted by Gasteiger charge is -2.34. The van der Waals surface area contributed by atoms with Gasteiger partial charge in [-0.1, -0.05) is 12.1 Å². The van der Waals surface area contributed by atoms with Crippen LogP contribution in [-0.4, -0.2) is 66.2 Å². The molecule has 6 heteroatoms. The second-order valence-electron chi connectivity index (χ2n) is 7.72. The second-order valence-corrected chi connectivity index (χ2v) is 7.72. The van der Waals surface area contributed by atoms with E-state index >= 15 is 0 Å². The van der Waals surface area contributed by atoms with Crippen LogP contribution in [0.2, 0.25) is 0 Å². The van der Waals surface area contributed by atoms with E-state index in [0.29, 0.717) is 44.3 Å². The van der Waals surface area contributed by atoms with E-state index < -0.39 is 0 Å². The lowest BCUT2D eigenvalue weighted by Crippen LogP contribution is -2.51. The van der Waals surface area contributed by atoms with Gasteiger partial charge in [-0.15, -0.1) is 0 Å². The average Bonchev–Trinajstić information content (AvgIpc) is 3.46. The van der Waals surface area contributed by atoms with Crippen LogP contribution in [0.3, 0.4) is 0 Å². The summed E-state index contributed by atoms with van der Waals surface area (Å²) < 4.78 is 0. The predicted octanol–water partition coefficient (Wildman–Crippen LogP) is 1.69. The van der Waals surface area contributed by atoms with Crippen molar-refractivity contribution in [2.24, 2.45) is 0 Å². The smallest absolute Gasteiger partial charge is 0.234 e. The van der Waals surface area contributed by atoms with Crippen molar-refractivity contribution in [2.75, 3.05) is 32.7 Å². The van der Waals surface area contributed by atoms with Crippen molar-refractivity contribution in [3.8, 4) is 0 Å². The summed E-state index contributed by atoms with van der Waals surface area (Å²) in [5, 5.41) is 2.99. The van der Waals surface area contributed by atoms with Crippen LogP contribution in [0.4, 0.5) is 0 Å². The van der Waals surface area contributed by atoms with E-state index in [1.165, 1.54) is 0 Å². The number of nitrogens with one attached hydrogen (secondary N) is 1. The molecule has 6 nitrogen and oxygen atoms in total. The summed E-state index contributed by atoms with van der Waals surface area (Å²) in [5.74, 6) is 0.118. The molecule has 0 spiro atoms. The maximum absolute atomic E-state index is 12.4. The number of rotatable bonds is 7. The third-order valence-electron chi connectivity index (χ3n) is 5.43. The number of aryl methyl sites for hydroxylation is 2. The number of hydrogen-bond donors (Lipinski definition) is 1. The molecule has 0 atom stereocenters. The predicted molar refractivity (Wildman–Crippen MR) is 104 cm³/mol. The first-order valence-corrected chi connectivity index (χ1v) is 9.82. The summed E-state index contributed by atoms with van der Waals surface area (Å²) in [6.07, 6.45) is 2.67. The Balaban J connectivity index is 1.39. The van der Waals surface area contributed by atoms with Gasteiger partial charge in [-0.2, -0.15) is 0 Å². The van der Waals surface area contributed by atoms with Gasteiger partial charge in [0.15, 0.2) is 5.78 Å². The number of amides is 2. The van der Waals surface area contributed by atoms with E-state index in [-0.39, 0.29) is 30.4 Å². The third-order valence-corrected chi connectivity index (χ3v) is 5.43. The molecule has 2 amide bonds. The summed E-state index contributed by atoms with van der Waals surface area (Å²) in [5.41, 5.74) is 2.93. The minimum Gasteiger partial charge on any atom is -0.352 e. The van der Waals surface area contributed by atoms with Crippen molar-refractivity contribution in [2.45, 2.75) is 45.6 Å². The Kier molecular flexibility index (Phi) is 6.26. The SMILES string of the molecule is Cc1ccc(C(=O)CCC(=O)N2CCN(CC(=O)NC3CC3)CC2)cc1C. The maximum atomic E-state index is 12.4. The van der Waals surface area contributed by atoms with Crippen LogP contribution in [0, 0.1) is 13.8 Å². The second kappa shape index (κ2) is 8.65. The Morgan fingerprint density at radius 3 is 2.33 bits per heavy atom. The van der Waals surface area contributed by atoms with Crippen molar-refractivity contribution >= 4 is 17.6 Å². The van der Waals surface area contributed by atoms with Crippen molar-refractivity contribution in [3.05, 3.63) is 34.9 Å². The van der Waals surface area contributed by atoms with Gasteiger partial charge in [-0.3, -0.25) is 19.3 Å². The standard InChI is InChI=1S/C21H29N3O3/c1-15-3-4-17(13-16(15)2)19(25)7-8-21(27)24-11-9-23(10-12-24)14-20(26)22-18-5-6-18/h3-4,13,18H,5-12,14H2,1-2H3,(H,22,26). The number of nitrogens with zero attached hydrogens (tertiary/aromatic N) is 2. The molecule has 27 heavy (non-hydrogen) atoms.